The Kier molecular flexibility index (Phi) is 9.89. The zero-order valence-electron chi connectivity index (χ0n) is 16.5. The van der Waals surface area contributed by atoms with Crippen LogP contribution in [-0.4, -0.2) is 12.9 Å². The van der Waals surface area contributed by atoms with Gasteiger partial charge in [-0.3, -0.25) is 0 Å². The highest BCUT2D eigenvalue weighted by atomic mass is 16.7. The minimum atomic E-state index is -0.134. The predicted octanol–water partition coefficient (Wildman–Crippen LogP) is 7.24. The molecule has 0 aliphatic rings. The second-order valence-electron chi connectivity index (χ2n) is 6.87. The molecular weight excluding hydrogens is 320 g/mol. The summed E-state index contributed by atoms with van der Waals surface area (Å²) in [6.07, 6.45) is 9.40. The summed E-state index contributed by atoms with van der Waals surface area (Å²) in [5.41, 5.74) is 2.44. The fraction of sp³-hybridized carbons (Fsp3) is 0.500. The molecule has 0 saturated heterocycles. The molecule has 2 nitrogen and oxygen atoms in total. The molecule has 2 aromatic carbocycles. The average Bonchev–Trinajstić information content (AvgIpc) is 2.69. The number of hydrogen-bond acceptors (Lipinski definition) is 2. The first-order valence-corrected chi connectivity index (χ1v) is 10.3. The maximum absolute atomic E-state index is 6.14. The minimum absolute atomic E-state index is 0.134. The van der Waals surface area contributed by atoms with Crippen molar-refractivity contribution in [1.29, 1.82) is 0 Å². The minimum Gasteiger partial charge on any atom is -0.465 e. The standard InChI is InChI=1S/C24H34O2/c1-3-5-7-8-12-15-24(25-20-6-4-2)26-23-18-16-22(17-19-23)21-13-10-9-11-14-21/h9-11,13-14,16-19,24H,3-8,12,15,20H2,1-2H3. The van der Waals surface area contributed by atoms with Gasteiger partial charge in [0.2, 0.25) is 0 Å². The third kappa shape index (κ3) is 7.61. The predicted molar refractivity (Wildman–Crippen MR) is 111 cm³/mol. The van der Waals surface area contributed by atoms with Crippen molar-refractivity contribution < 1.29 is 9.47 Å². The van der Waals surface area contributed by atoms with Gasteiger partial charge >= 0.3 is 0 Å². The molecule has 0 saturated carbocycles. The lowest BCUT2D eigenvalue weighted by Crippen LogP contribution is -2.21. The lowest BCUT2D eigenvalue weighted by atomic mass is 10.1. The summed E-state index contributed by atoms with van der Waals surface area (Å²) in [5, 5.41) is 0. The molecule has 0 radical (unpaired) electrons. The molecule has 142 valence electrons. The van der Waals surface area contributed by atoms with Crippen LogP contribution in [0, 0.1) is 0 Å². The van der Waals surface area contributed by atoms with Crippen molar-refractivity contribution in [3.8, 4) is 16.9 Å². The molecule has 0 amide bonds. The SMILES string of the molecule is CCCCCCCC(OCCCC)Oc1ccc(-c2ccccc2)cc1. The van der Waals surface area contributed by atoms with E-state index in [1.165, 1.54) is 43.2 Å². The first-order chi connectivity index (χ1) is 12.8. The number of hydrogen-bond donors (Lipinski definition) is 0. The fourth-order valence-corrected chi connectivity index (χ4v) is 2.96. The monoisotopic (exact) mass is 354 g/mol. The summed E-state index contributed by atoms with van der Waals surface area (Å²) in [7, 11) is 0. The van der Waals surface area contributed by atoms with E-state index >= 15 is 0 Å². The van der Waals surface area contributed by atoms with E-state index in [-0.39, 0.29) is 6.29 Å². The third-order valence-corrected chi connectivity index (χ3v) is 4.57. The lowest BCUT2D eigenvalue weighted by molar-refractivity contribution is -0.0862. The summed E-state index contributed by atoms with van der Waals surface area (Å²) >= 11 is 0. The molecular formula is C24H34O2. The van der Waals surface area contributed by atoms with E-state index in [0.29, 0.717) is 0 Å². The van der Waals surface area contributed by atoms with Gasteiger partial charge in [0.25, 0.3) is 0 Å². The molecule has 2 rings (SSSR count). The Hall–Kier alpha value is -1.80. The Bertz CT molecular complexity index is 577. The molecule has 0 spiro atoms. The Morgan fingerprint density at radius 1 is 0.692 bits per heavy atom. The van der Waals surface area contributed by atoms with Crippen molar-refractivity contribution >= 4 is 0 Å². The number of unbranched alkanes of at least 4 members (excludes halogenated alkanes) is 5. The molecule has 0 fully saturated rings. The average molecular weight is 355 g/mol. The van der Waals surface area contributed by atoms with Crippen LogP contribution in [0.4, 0.5) is 0 Å². The van der Waals surface area contributed by atoms with Crippen molar-refractivity contribution in [2.75, 3.05) is 6.61 Å². The van der Waals surface area contributed by atoms with Gasteiger partial charge in [0.1, 0.15) is 5.75 Å². The lowest BCUT2D eigenvalue weighted by Gasteiger charge is -2.20. The fourth-order valence-electron chi connectivity index (χ4n) is 2.96. The molecule has 0 N–H and O–H groups in total. The molecule has 0 heterocycles. The van der Waals surface area contributed by atoms with Crippen LogP contribution in [-0.2, 0) is 4.74 Å². The van der Waals surface area contributed by atoms with Gasteiger partial charge in [0, 0.05) is 6.42 Å². The van der Waals surface area contributed by atoms with Crippen LogP contribution in [0.15, 0.2) is 54.6 Å². The van der Waals surface area contributed by atoms with Gasteiger partial charge in [-0.15, -0.1) is 0 Å². The van der Waals surface area contributed by atoms with Gasteiger partial charge < -0.3 is 9.47 Å². The summed E-state index contributed by atoms with van der Waals surface area (Å²) < 4.78 is 12.1. The Morgan fingerprint density at radius 3 is 2.04 bits per heavy atom. The maximum Gasteiger partial charge on any atom is 0.199 e. The van der Waals surface area contributed by atoms with Gasteiger partial charge in [-0.2, -0.15) is 0 Å². The van der Waals surface area contributed by atoms with Crippen molar-refractivity contribution in [3.63, 3.8) is 0 Å². The van der Waals surface area contributed by atoms with Gasteiger partial charge in [-0.05, 0) is 36.1 Å². The Balaban J connectivity index is 1.88. The molecule has 26 heavy (non-hydrogen) atoms. The molecule has 2 aromatic rings. The quantitative estimate of drug-likeness (QED) is 0.279. The highest BCUT2D eigenvalue weighted by molar-refractivity contribution is 5.63. The van der Waals surface area contributed by atoms with Crippen LogP contribution >= 0.6 is 0 Å². The molecule has 0 aliphatic heterocycles. The maximum atomic E-state index is 6.14. The van der Waals surface area contributed by atoms with Crippen molar-refractivity contribution in [2.45, 2.75) is 71.5 Å². The highest BCUT2D eigenvalue weighted by Crippen LogP contribution is 2.23. The van der Waals surface area contributed by atoms with E-state index < -0.39 is 0 Å². The second-order valence-corrected chi connectivity index (χ2v) is 6.87. The second kappa shape index (κ2) is 12.5. The summed E-state index contributed by atoms with van der Waals surface area (Å²) in [6.45, 7) is 5.21. The van der Waals surface area contributed by atoms with Crippen LogP contribution in [0.3, 0.4) is 0 Å². The molecule has 1 atom stereocenters. The van der Waals surface area contributed by atoms with E-state index in [4.69, 9.17) is 9.47 Å². The van der Waals surface area contributed by atoms with Crippen molar-refractivity contribution in [3.05, 3.63) is 54.6 Å². The van der Waals surface area contributed by atoms with E-state index in [2.05, 4.69) is 62.4 Å². The van der Waals surface area contributed by atoms with Crippen LogP contribution in [0.1, 0.15) is 65.2 Å². The summed E-state index contributed by atoms with van der Waals surface area (Å²) in [6, 6.07) is 18.8. The Labute approximate surface area is 159 Å². The van der Waals surface area contributed by atoms with Crippen LogP contribution in [0.5, 0.6) is 5.75 Å². The van der Waals surface area contributed by atoms with Gasteiger partial charge in [0.15, 0.2) is 6.29 Å². The van der Waals surface area contributed by atoms with Gasteiger partial charge in [-0.25, -0.2) is 0 Å². The smallest absolute Gasteiger partial charge is 0.199 e. The number of ether oxygens (including phenoxy) is 2. The topological polar surface area (TPSA) is 18.5 Å². The van der Waals surface area contributed by atoms with Gasteiger partial charge in [0.05, 0.1) is 6.61 Å². The van der Waals surface area contributed by atoms with E-state index in [9.17, 15) is 0 Å². The van der Waals surface area contributed by atoms with E-state index in [1.54, 1.807) is 0 Å². The molecule has 0 aliphatic carbocycles. The van der Waals surface area contributed by atoms with Crippen LogP contribution < -0.4 is 4.74 Å². The normalized spacial score (nSPS) is 12.1. The summed E-state index contributed by atoms with van der Waals surface area (Å²) in [5.74, 6) is 0.889. The van der Waals surface area contributed by atoms with Crippen LogP contribution in [0.25, 0.3) is 11.1 Å². The highest BCUT2D eigenvalue weighted by Gasteiger charge is 2.11. The Morgan fingerprint density at radius 2 is 1.35 bits per heavy atom. The number of benzene rings is 2. The van der Waals surface area contributed by atoms with Crippen molar-refractivity contribution in [1.82, 2.24) is 0 Å². The van der Waals surface area contributed by atoms with Gasteiger partial charge in [-0.1, -0.05) is 88.4 Å². The van der Waals surface area contributed by atoms with Crippen LogP contribution in [0.2, 0.25) is 0 Å². The zero-order valence-corrected chi connectivity index (χ0v) is 16.5. The zero-order chi connectivity index (χ0) is 18.5. The van der Waals surface area contributed by atoms with Crippen molar-refractivity contribution in [2.24, 2.45) is 0 Å². The molecule has 0 bridgehead atoms. The summed E-state index contributed by atoms with van der Waals surface area (Å²) in [4.78, 5) is 0. The third-order valence-electron chi connectivity index (χ3n) is 4.57. The largest absolute Gasteiger partial charge is 0.465 e. The van der Waals surface area contributed by atoms with E-state index in [1.807, 2.05) is 6.07 Å². The first-order valence-electron chi connectivity index (χ1n) is 10.3. The van der Waals surface area contributed by atoms with E-state index in [0.717, 1.165) is 31.6 Å². The first kappa shape index (κ1) is 20.5. The molecule has 0 aromatic heterocycles. The molecule has 2 heteroatoms. The number of rotatable bonds is 13. The molecule has 1 unspecified atom stereocenters.